The van der Waals surface area contributed by atoms with Crippen molar-refractivity contribution in [1.82, 2.24) is 9.62 Å². The number of likely N-dealkylation sites (tertiary alicyclic amines) is 1. The van der Waals surface area contributed by atoms with Crippen LogP contribution in [0, 0.1) is 0 Å². The monoisotopic (exact) mass is 352 g/mol. The molecule has 24 heavy (non-hydrogen) atoms. The molecule has 0 bridgehead atoms. The molecule has 2 N–H and O–H groups in total. The standard InChI is InChI=1S/C17H25N3O3S/c21-17(18-9-14-19-10-1-2-11-19)15-5-7-16(8-6-15)24(22,23)20-12-3-4-13-20/h5-8H,1-4,9-14H2,(H,18,21)/p+1. The number of rotatable bonds is 6. The highest BCUT2D eigenvalue weighted by Crippen LogP contribution is 2.21. The van der Waals surface area contributed by atoms with Gasteiger partial charge in [-0.2, -0.15) is 4.31 Å². The third kappa shape index (κ3) is 3.96. The smallest absolute Gasteiger partial charge is 0.251 e. The molecule has 2 aliphatic rings. The van der Waals surface area contributed by atoms with Crippen molar-refractivity contribution in [3.05, 3.63) is 29.8 Å². The lowest BCUT2D eigenvalue weighted by Gasteiger charge is -2.15. The van der Waals surface area contributed by atoms with E-state index in [1.165, 1.54) is 42.4 Å². The molecule has 2 fully saturated rings. The first kappa shape index (κ1) is 17.4. The van der Waals surface area contributed by atoms with Crippen LogP contribution >= 0.6 is 0 Å². The number of hydrogen-bond donors (Lipinski definition) is 2. The van der Waals surface area contributed by atoms with Crippen molar-refractivity contribution in [3.63, 3.8) is 0 Å². The van der Waals surface area contributed by atoms with E-state index >= 15 is 0 Å². The fourth-order valence-corrected chi connectivity index (χ4v) is 4.95. The number of sulfonamides is 1. The maximum Gasteiger partial charge on any atom is 0.251 e. The third-order valence-electron chi connectivity index (χ3n) is 4.89. The maximum atomic E-state index is 12.5. The second-order valence-corrected chi connectivity index (χ2v) is 8.54. The van der Waals surface area contributed by atoms with Crippen LogP contribution < -0.4 is 10.2 Å². The summed E-state index contributed by atoms with van der Waals surface area (Å²) >= 11 is 0. The van der Waals surface area contributed by atoms with Gasteiger partial charge in [0.05, 0.1) is 31.1 Å². The Bertz CT molecular complexity index is 661. The van der Waals surface area contributed by atoms with E-state index < -0.39 is 10.0 Å². The van der Waals surface area contributed by atoms with Gasteiger partial charge in [0.15, 0.2) is 0 Å². The molecular weight excluding hydrogens is 326 g/mol. The number of nitrogens with one attached hydrogen (secondary N) is 2. The second-order valence-electron chi connectivity index (χ2n) is 6.60. The van der Waals surface area contributed by atoms with Crippen molar-refractivity contribution < 1.29 is 18.1 Å². The normalized spacial score (nSPS) is 19.7. The van der Waals surface area contributed by atoms with E-state index in [0.29, 0.717) is 25.2 Å². The average Bonchev–Trinajstić information content (AvgIpc) is 3.29. The van der Waals surface area contributed by atoms with Crippen molar-refractivity contribution in [2.75, 3.05) is 39.3 Å². The molecule has 2 aliphatic heterocycles. The van der Waals surface area contributed by atoms with Gasteiger partial charge in [-0.05, 0) is 37.1 Å². The minimum Gasteiger partial charge on any atom is -0.346 e. The Morgan fingerprint density at radius 3 is 2.29 bits per heavy atom. The lowest BCUT2D eigenvalue weighted by molar-refractivity contribution is -0.886. The Morgan fingerprint density at radius 1 is 1.04 bits per heavy atom. The van der Waals surface area contributed by atoms with Crippen molar-refractivity contribution in [1.29, 1.82) is 0 Å². The Hall–Kier alpha value is -1.44. The first-order chi connectivity index (χ1) is 11.6. The number of quaternary nitrogens is 1. The Kier molecular flexibility index (Phi) is 5.53. The van der Waals surface area contributed by atoms with Gasteiger partial charge in [0.2, 0.25) is 10.0 Å². The molecule has 0 aromatic heterocycles. The lowest BCUT2D eigenvalue weighted by atomic mass is 10.2. The lowest BCUT2D eigenvalue weighted by Crippen LogP contribution is -3.10. The molecule has 0 radical (unpaired) electrons. The zero-order chi connectivity index (χ0) is 17.0. The van der Waals surface area contributed by atoms with Gasteiger partial charge < -0.3 is 10.2 Å². The van der Waals surface area contributed by atoms with E-state index in [4.69, 9.17) is 0 Å². The Morgan fingerprint density at radius 2 is 1.67 bits per heavy atom. The highest BCUT2D eigenvalue weighted by atomic mass is 32.2. The summed E-state index contributed by atoms with van der Waals surface area (Å²) < 4.78 is 26.4. The van der Waals surface area contributed by atoms with Gasteiger partial charge in [-0.1, -0.05) is 0 Å². The molecule has 6 nitrogen and oxygen atoms in total. The highest BCUT2D eigenvalue weighted by molar-refractivity contribution is 7.89. The van der Waals surface area contributed by atoms with Crippen LogP contribution in [-0.4, -0.2) is 57.9 Å². The van der Waals surface area contributed by atoms with Gasteiger partial charge in [-0.15, -0.1) is 0 Å². The second kappa shape index (κ2) is 7.63. The van der Waals surface area contributed by atoms with Crippen molar-refractivity contribution in [3.8, 4) is 0 Å². The molecule has 1 aromatic carbocycles. The predicted octanol–water partition coefficient (Wildman–Crippen LogP) is -0.120. The molecule has 0 saturated carbocycles. The zero-order valence-corrected chi connectivity index (χ0v) is 14.8. The van der Waals surface area contributed by atoms with Gasteiger partial charge in [0.1, 0.15) is 0 Å². The van der Waals surface area contributed by atoms with Gasteiger partial charge in [0.25, 0.3) is 5.91 Å². The van der Waals surface area contributed by atoms with E-state index in [1.807, 2.05) is 0 Å². The topological polar surface area (TPSA) is 70.9 Å². The van der Waals surface area contributed by atoms with E-state index in [0.717, 1.165) is 19.4 Å². The number of amides is 1. The van der Waals surface area contributed by atoms with Crippen LogP contribution in [0.2, 0.25) is 0 Å². The molecule has 7 heteroatoms. The van der Waals surface area contributed by atoms with Crippen molar-refractivity contribution in [2.24, 2.45) is 0 Å². The number of carbonyl (C=O) groups excluding carboxylic acids is 1. The Labute approximate surface area is 143 Å². The fraction of sp³-hybridized carbons (Fsp3) is 0.588. The summed E-state index contributed by atoms with van der Waals surface area (Å²) in [7, 11) is -3.41. The molecular formula is C17H26N3O3S+. The molecule has 0 unspecified atom stereocenters. The first-order valence-corrected chi connectivity index (χ1v) is 10.2. The van der Waals surface area contributed by atoms with Crippen LogP contribution in [0.5, 0.6) is 0 Å². The van der Waals surface area contributed by atoms with Gasteiger partial charge >= 0.3 is 0 Å². The summed E-state index contributed by atoms with van der Waals surface area (Å²) in [4.78, 5) is 14.0. The summed E-state index contributed by atoms with van der Waals surface area (Å²) in [5.41, 5.74) is 0.506. The summed E-state index contributed by atoms with van der Waals surface area (Å²) in [6.07, 6.45) is 4.38. The molecule has 2 saturated heterocycles. The van der Waals surface area contributed by atoms with Crippen LogP contribution in [0.15, 0.2) is 29.2 Å². The third-order valence-corrected chi connectivity index (χ3v) is 6.81. The van der Waals surface area contributed by atoms with Crippen LogP contribution in [-0.2, 0) is 10.0 Å². The molecule has 0 atom stereocenters. The maximum absolute atomic E-state index is 12.5. The quantitative estimate of drug-likeness (QED) is 0.750. The molecule has 1 amide bonds. The molecule has 0 spiro atoms. The van der Waals surface area contributed by atoms with Crippen molar-refractivity contribution in [2.45, 2.75) is 30.6 Å². The molecule has 132 valence electrons. The summed E-state index contributed by atoms with van der Waals surface area (Å²) in [6.45, 7) is 5.17. The van der Waals surface area contributed by atoms with Crippen molar-refractivity contribution >= 4 is 15.9 Å². The van der Waals surface area contributed by atoms with E-state index in [1.54, 1.807) is 17.0 Å². The number of carbonyl (C=O) groups is 1. The fourth-order valence-electron chi connectivity index (χ4n) is 3.44. The average molecular weight is 352 g/mol. The number of hydrogen-bond acceptors (Lipinski definition) is 3. The highest BCUT2D eigenvalue weighted by Gasteiger charge is 2.27. The molecule has 0 aliphatic carbocycles. The summed E-state index contributed by atoms with van der Waals surface area (Å²) in [6, 6.07) is 6.27. The number of benzene rings is 1. The zero-order valence-electron chi connectivity index (χ0n) is 14.0. The van der Waals surface area contributed by atoms with Crippen LogP contribution in [0.1, 0.15) is 36.0 Å². The first-order valence-electron chi connectivity index (χ1n) is 8.79. The molecule has 1 aromatic rings. The van der Waals surface area contributed by atoms with E-state index in [2.05, 4.69) is 5.32 Å². The summed E-state index contributed by atoms with van der Waals surface area (Å²) in [5.74, 6) is -0.140. The molecule has 2 heterocycles. The number of nitrogens with zero attached hydrogens (tertiary/aromatic N) is 1. The SMILES string of the molecule is O=C(NCC[NH+]1CCCC1)c1ccc(S(=O)(=O)N2CCCC2)cc1. The van der Waals surface area contributed by atoms with Crippen LogP contribution in [0.3, 0.4) is 0 Å². The van der Waals surface area contributed by atoms with E-state index in [-0.39, 0.29) is 10.8 Å². The van der Waals surface area contributed by atoms with Crippen LogP contribution in [0.4, 0.5) is 0 Å². The predicted molar refractivity (Wildman–Crippen MR) is 91.6 cm³/mol. The van der Waals surface area contributed by atoms with Gasteiger partial charge in [0, 0.05) is 31.5 Å². The molecule has 3 rings (SSSR count). The van der Waals surface area contributed by atoms with Crippen LogP contribution in [0.25, 0.3) is 0 Å². The minimum atomic E-state index is -3.41. The summed E-state index contributed by atoms with van der Waals surface area (Å²) in [5, 5.41) is 2.92. The van der Waals surface area contributed by atoms with Gasteiger partial charge in [-0.3, -0.25) is 4.79 Å². The minimum absolute atomic E-state index is 0.140. The largest absolute Gasteiger partial charge is 0.346 e. The Balaban J connectivity index is 1.56. The van der Waals surface area contributed by atoms with E-state index in [9.17, 15) is 13.2 Å². The van der Waals surface area contributed by atoms with Gasteiger partial charge in [-0.25, -0.2) is 8.42 Å².